The van der Waals surface area contributed by atoms with E-state index in [1.807, 2.05) is 39.9 Å². The van der Waals surface area contributed by atoms with Gasteiger partial charge in [0.25, 0.3) is 5.91 Å². The molecule has 6 heteroatoms. The number of nitrogens with zero attached hydrogens (tertiary/aromatic N) is 3. The summed E-state index contributed by atoms with van der Waals surface area (Å²) in [4.78, 5) is 27.1. The smallest absolute Gasteiger partial charge is 0.358 e. The molecule has 6 nitrogen and oxygen atoms in total. The van der Waals surface area contributed by atoms with Crippen LogP contribution in [0.15, 0.2) is 30.3 Å². The van der Waals surface area contributed by atoms with E-state index in [2.05, 4.69) is 25.9 Å². The molecule has 1 fully saturated rings. The van der Waals surface area contributed by atoms with Gasteiger partial charge in [-0.2, -0.15) is 5.10 Å². The maximum atomic E-state index is 12.9. The summed E-state index contributed by atoms with van der Waals surface area (Å²) < 4.78 is 6.96. The molecular weight excluding hydrogens is 378 g/mol. The van der Waals surface area contributed by atoms with E-state index < -0.39 is 5.97 Å². The molecule has 0 spiro atoms. The van der Waals surface area contributed by atoms with E-state index in [1.165, 1.54) is 6.42 Å². The lowest BCUT2D eigenvalue weighted by Crippen LogP contribution is -2.39. The fraction of sp³-hybridized carbons (Fsp3) is 0.542. The molecule has 1 aliphatic rings. The fourth-order valence-electron chi connectivity index (χ4n) is 4.21. The second-order valence-electron chi connectivity index (χ2n) is 8.15. The molecule has 0 radical (unpaired) electrons. The van der Waals surface area contributed by atoms with E-state index in [1.54, 1.807) is 6.92 Å². The molecule has 1 amide bonds. The van der Waals surface area contributed by atoms with Gasteiger partial charge in [0.15, 0.2) is 5.69 Å². The molecule has 0 bridgehead atoms. The van der Waals surface area contributed by atoms with Crippen LogP contribution < -0.4 is 0 Å². The van der Waals surface area contributed by atoms with E-state index >= 15 is 0 Å². The summed E-state index contributed by atoms with van der Waals surface area (Å²) >= 11 is 0. The van der Waals surface area contributed by atoms with E-state index in [0.717, 1.165) is 43.7 Å². The number of rotatable bonds is 7. The predicted molar refractivity (Wildman–Crippen MR) is 117 cm³/mol. The third-order valence-electron chi connectivity index (χ3n) is 5.93. The van der Waals surface area contributed by atoms with Crippen LogP contribution in [0.3, 0.4) is 0 Å². The number of amides is 1. The minimum atomic E-state index is -0.408. The minimum Gasteiger partial charge on any atom is -0.461 e. The van der Waals surface area contributed by atoms with Crippen molar-refractivity contribution in [2.45, 2.75) is 59.3 Å². The Labute approximate surface area is 179 Å². The molecule has 2 aromatic rings. The van der Waals surface area contributed by atoms with Gasteiger partial charge < -0.3 is 9.64 Å². The second kappa shape index (κ2) is 9.92. The number of carbonyl (C=O) groups is 2. The van der Waals surface area contributed by atoms with E-state index in [9.17, 15) is 9.59 Å². The summed E-state index contributed by atoms with van der Waals surface area (Å²) in [6.45, 7) is 10.2. The zero-order valence-corrected chi connectivity index (χ0v) is 18.6. The maximum Gasteiger partial charge on any atom is 0.358 e. The Balaban J connectivity index is 1.89. The van der Waals surface area contributed by atoms with Gasteiger partial charge in [-0.25, -0.2) is 9.48 Å². The van der Waals surface area contributed by atoms with Crippen LogP contribution in [0.25, 0.3) is 5.69 Å². The van der Waals surface area contributed by atoms with Gasteiger partial charge in [0.2, 0.25) is 0 Å². The summed E-state index contributed by atoms with van der Waals surface area (Å²) in [5, 5.41) is 4.54. The highest BCUT2D eigenvalue weighted by Crippen LogP contribution is 2.27. The number of hydrogen-bond acceptors (Lipinski definition) is 4. The first-order valence-corrected chi connectivity index (χ1v) is 11.1. The fourth-order valence-corrected chi connectivity index (χ4v) is 4.21. The average molecular weight is 412 g/mol. The lowest BCUT2D eigenvalue weighted by Gasteiger charge is -2.31. The molecular formula is C24H33N3O3. The Morgan fingerprint density at radius 1 is 1.17 bits per heavy atom. The second-order valence-corrected chi connectivity index (χ2v) is 8.15. The van der Waals surface area contributed by atoms with Crippen molar-refractivity contribution in [2.24, 2.45) is 5.92 Å². The summed E-state index contributed by atoms with van der Waals surface area (Å²) in [5.41, 5.74) is 2.85. The van der Waals surface area contributed by atoms with E-state index in [0.29, 0.717) is 23.8 Å². The molecule has 0 N–H and O–H groups in total. The minimum absolute atomic E-state index is 0.0843. The number of esters is 1. The van der Waals surface area contributed by atoms with Crippen molar-refractivity contribution in [3.05, 3.63) is 47.3 Å². The number of carbonyl (C=O) groups excluding carboxylic acids is 2. The molecule has 3 rings (SSSR count). The highest BCUT2D eigenvalue weighted by Gasteiger charge is 2.23. The molecule has 0 saturated carbocycles. The highest BCUT2D eigenvalue weighted by atomic mass is 16.5. The molecule has 30 heavy (non-hydrogen) atoms. The first-order valence-electron chi connectivity index (χ1n) is 11.1. The van der Waals surface area contributed by atoms with Crippen LogP contribution in [0.4, 0.5) is 0 Å². The predicted octanol–water partition coefficient (Wildman–Crippen LogP) is 4.82. The van der Waals surface area contributed by atoms with Gasteiger partial charge in [0.05, 0.1) is 12.3 Å². The Kier molecular flexibility index (Phi) is 7.29. The molecule has 1 aromatic carbocycles. The third-order valence-corrected chi connectivity index (χ3v) is 5.93. The summed E-state index contributed by atoms with van der Waals surface area (Å²) in [5.74, 6) is 0.516. The van der Waals surface area contributed by atoms with Gasteiger partial charge in [0.1, 0.15) is 0 Å². The van der Waals surface area contributed by atoms with E-state index in [4.69, 9.17) is 4.74 Å². The van der Waals surface area contributed by atoms with Crippen molar-refractivity contribution in [3.8, 4) is 5.69 Å². The first-order chi connectivity index (χ1) is 14.5. The number of piperidine rings is 1. The normalized spacial score (nSPS) is 16.7. The van der Waals surface area contributed by atoms with Gasteiger partial charge >= 0.3 is 5.97 Å². The van der Waals surface area contributed by atoms with Crippen molar-refractivity contribution in [1.29, 1.82) is 0 Å². The number of hydrogen-bond donors (Lipinski definition) is 0. The van der Waals surface area contributed by atoms with Crippen LogP contribution in [-0.4, -0.2) is 46.3 Å². The molecule has 1 atom stereocenters. The van der Waals surface area contributed by atoms with Crippen molar-refractivity contribution in [1.82, 2.24) is 14.7 Å². The monoisotopic (exact) mass is 411 g/mol. The van der Waals surface area contributed by atoms with Crippen molar-refractivity contribution in [2.75, 3.05) is 19.7 Å². The maximum absolute atomic E-state index is 12.9. The van der Waals surface area contributed by atoms with Crippen LogP contribution in [0.1, 0.15) is 85.8 Å². The zero-order valence-electron chi connectivity index (χ0n) is 18.6. The molecule has 1 aliphatic heterocycles. The largest absolute Gasteiger partial charge is 0.461 e. The SMILES string of the molecule is CCOC(=O)c1cc(C(CC)CC)n(-c2ccc(C(=O)N3CCCC(C)C3)cc2)n1. The number of benzene rings is 1. The Morgan fingerprint density at radius 2 is 1.87 bits per heavy atom. The van der Waals surface area contributed by atoms with Gasteiger partial charge in [-0.1, -0.05) is 20.8 Å². The quantitative estimate of drug-likeness (QED) is 0.613. The Bertz CT molecular complexity index is 868. The Morgan fingerprint density at radius 3 is 2.47 bits per heavy atom. The third kappa shape index (κ3) is 4.74. The van der Waals surface area contributed by atoms with Crippen LogP contribution in [0.2, 0.25) is 0 Å². The van der Waals surface area contributed by atoms with Crippen molar-refractivity contribution >= 4 is 11.9 Å². The zero-order chi connectivity index (χ0) is 21.7. The lowest BCUT2D eigenvalue weighted by molar-refractivity contribution is 0.0518. The van der Waals surface area contributed by atoms with Gasteiger partial charge in [0, 0.05) is 30.3 Å². The highest BCUT2D eigenvalue weighted by molar-refractivity contribution is 5.94. The molecule has 1 saturated heterocycles. The van der Waals surface area contributed by atoms with Crippen LogP contribution in [0.5, 0.6) is 0 Å². The van der Waals surface area contributed by atoms with Crippen molar-refractivity contribution < 1.29 is 14.3 Å². The average Bonchev–Trinajstić information content (AvgIpc) is 3.20. The lowest BCUT2D eigenvalue weighted by atomic mass is 9.98. The molecule has 1 unspecified atom stereocenters. The topological polar surface area (TPSA) is 64.4 Å². The summed E-state index contributed by atoms with van der Waals surface area (Å²) in [6, 6.07) is 9.38. The standard InChI is InChI=1S/C24H33N3O3/c1-5-18(6-2)22-15-21(24(29)30-7-3)25-27(22)20-12-10-19(11-13-20)23(28)26-14-8-9-17(4)16-26/h10-13,15,17-18H,5-9,14,16H2,1-4H3. The van der Waals surface area contributed by atoms with Crippen LogP contribution >= 0.6 is 0 Å². The van der Waals surface area contributed by atoms with Gasteiger partial charge in [-0.05, 0) is 68.9 Å². The number of ether oxygens (including phenoxy) is 1. The van der Waals surface area contributed by atoms with Crippen LogP contribution in [-0.2, 0) is 4.74 Å². The number of likely N-dealkylation sites (tertiary alicyclic amines) is 1. The van der Waals surface area contributed by atoms with E-state index in [-0.39, 0.29) is 11.8 Å². The van der Waals surface area contributed by atoms with Crippen molar-refractivity contribution in [3.63, 3.8) is 0 Å². The summed E-state index contributed by atoms with van der Waals surface area (Å²) in [7, 11) is 0. The van der Waals surface area contributed by atoms with Crippen LogP contribution in [0, 0.1) is 5.92 Å². The molecule has 0 aliphatic carbocycles. The van der Waals surface area contributed by atoms with Gasteiger partial charge in [-0.3, -0.25) is 4.79 Å². The first kappa shape index (κ1) is 22.1. The molecule has 1 aromatic heterocycles. The van der Waals surface area contributed by atoms with Gasteiger partial charge in [-0.15, -0.1) is 0 Å². The number of aromatic nitrogens is 2. The molecule has 2 heterocycles. The molecule has 162 valence electrons. The Hall–Kier alpha value is -2.63. The summed E-state index contributed by atoms with van der Waals surface area (Å²) in [6.07, 6.45) is 4.15.